The van der Waals surface area contributed by atoms with Crippen molar-refractivity contribution in [3.8, 4) is 17.3 Å². The zero-order chi connectivity index (χ0) is 26.4. The van der Waals surface area contributed by atoms with E-state index in [-0.39, 0.29) is 18.1 Å². The molecule has 0 aliphatic heterocycles. The summed E-state index contributed by atoms with van der Waals surface area (Å²) in [6.45, 7) is 5.64. The maximum Gasteiger partial charge on any atom is 0.341 e. The lowest BCUT2D eigenvalue weighted by atomic mass is 10.1. The van der Waals surface area contributed by atoms with Gasteiger partial charge in [-0.05, 0) is 38.5 Å². The molecule has 186 valence electrons. The van der Waals surface area contributed by atoms with Gasteiger partial charge in [0.05, 0.1) is 22.7 Å². The second-order valence-electron chi connectivity index (χ2n) is 8.02. The molecular formula is C28H24N4O3S2. The van der Waals surface area contributed by atoms with Crippen molar-refractivity contribution in [2.24, 2.45) is 0 Å². The second-order valence-corrected chi connectivity index (χ2v) is 9.90. The number of thiophene rings is 1. The van der Waals surface area contributed by atoms with E-state index in [1.165, 1.54) is 17.5 Å². The molecule has 7 nitrogen and oxygen atoms in total. The van der Waals surface area contributed by atoms with E-state index in [2.05, 4.69) is 21.7 Å². The highest BCUT2D eigenvalue weighted by Gasteiger charge is 2.25. The summed E-state index contributed by atoms with van der Waals surface area (Å²) >= 11 is 2.48. The van der Waals surface area contributed by atoms with Gasteiger partial charge in [0.25, 0.3) is 5.91 Å². The number of nitrogens with one attached hydrogen (secondary N) is 2. The summed E-state index contributed by atoms with van der Waals surface area (Å²) in [6.07, 6.45) is 1.50. The summed E-state index contributed by atoms with van der Waals surface area (Å²) in [7, 11) is 0. The minimum absolute atomic E-state index is 0.194. The Labute approximate surface area is 223 Å². The fraction of sp³-hybridized carbons (Fsp3) is 0.143. The van der Waals surface area contributed by atoms with Crippen molar-refractivity contribution in [2.45, 2.75) is 20.8 Å². The molecule has 9 heteroatoms. The number of hydrogen-bond acceptors (Lipinski definition) is 8. The zero-order valence-corrected chi connectivity index (χ0v) is 22.1. The van der Waals surface area contributed by atoms with Gasteiger partial charge >= 0.3 is 5.97 Å². The van der Waals surface area contributed by atoms with Crippen molar-refractivity contribution in [3.63, 3.8) is 0 Å². The van der Waals surface area contributed by atoms with E-state index in [4.69, 9.17) is 4.74 Å². The molecule has 37 heavy (non-hydrogen) atoms. The van der Waals surface area contributed by atoms with E-state index in [0.29, 0.717) is 31.7 Å². The van der Waals surface area contributed by atoms with Crippen LogP contribution in [0.1, 0.15) is 43.1 Å². The van der Waals surface area contributed by atoms with Gasteiger partial charge in [0.15, 0.2) is 0 Å². The van der Waals surface area contributed by atoms with Crippen LogP contribution < -0.4 is 10.6 Å². The number of amides is 1. The fourth-order valence-corrected chi connectivity index (χ4v) is 5.38. The van der Waals surface area contributed by atoms with E-state index < -0.39 is 5.97 Å². The predicted molar refractivity (Wildman–Crippen MR) is 149 cm³/mol. The van der Waals surface area contributed by atoms with Crippen LogP contribution in [0, 0.1) is 25.2 Å². The lowest BCUT2D eigenvalue weighted by Gasteiger charge is -2.06. The van der Waals surface area contributed by atoms with E-state index >= 15 is 0 Å². The van der Waals surface area contributed by atoms with Gasteiger partial charge in [0.2, 0.25) is 0 Å². The number of nitrogens with zero attached hydrogens (tertiary/aromatic N) is 2. The van der Waals surface area contributed by atoms with Crippen LogP contribution in [-0.4, -0.2) is 23.5 Å². The largest absolute Gasteiger partial charge is 0.462 e. The molecule has 0 fully saturated rings. The van der Waals surface area contributed by atoms with Crippen LogP contribution in [0.4, 0.5) is 10.7 Å². The third kappa shape index (κ3) is 5.94. The Morgan fingerprint density at radius 3 is 2.51 bits per heavy atom. The van der Waals surface area contributed by atoms with Gasteiger partial charge in [-0.25, -0.2) is 9.78 Å². The molecule has 2 aromatic heterocycles. The number of hydrogen-bond donors (Lipinski definition) is 2. The summed E-state index contributed by atoms with van der Waals surface area (Å²) in [5.41, 5.74) is 4.61. The highest BCUT2D eigenvalue weighted by molar-refractivity contribution is 7.18. The molecule has 0 saturated heterocycles. The van der Waals surface area contributed by atoms with E-state index in [9.17, 15) is 14.9 Å². The first-order valence-electron chi connectivity index (χ1n) is 11.5. The fourth-order valence-electron chi connectivity index (χ4n) is 3.52. The maximum atomic E-state index is 13.0. The Kier molecular flexibility index (Phi) is 8.13. The monoisotopic (exact) mass is 528 g/mol. The second kappa shape index (κ2) is 11.6. The molecule has 1 amide bonds. The van der Waals surface area contributed by atoms with Gasteiger partial charge in [0.1, 0.15) is 21.7 Å². The van der Waals surface area contributed by atoms with Gasteiger partial charge in [-0.15, -0.1) is 22.7 Å². The first-order chi connectivity index (χ1) is 17.9. The molecule has 2 aromatic carbocycles. The van der Waals surface area contributed by atoms with Crippen LogP contribution in [0.5, 0.6) is 0 Å². The van der Waals surface area contributed by atoms with Crippen molar-refractivity contribution in [3.05, 3.63) is 92.8 Å². The number of para-hydroxylation sites is 1. The number of carbonyl (C=O) groups is 2. The summed E-state index contributed by atoms with van der Waals surface area (Å²) in [6, 6.07) is 19.3. The molecular weight excluding hydrogens is 504 g/mol. The van der Waals surface area contributed by atoms with Gasteiger partial charge < -0.3 is 15.4 Å². The maximum absolute atomic E-state index is 13.0. The number of rotatable bonds is 8. The quantitative estimate of drug-likeness (QED) is 0.191. The van der Waals surface area contributed by atoms with Crippen LogP contribution in [0.3, 0.4) is 0 Å². The van der Waals surface area contributed by atoms with Crippen LogP contribution in [0.15, 0.2) is 66.2 Å². The molecule has 0 spiro atoms. The first-order valence-corrected chi connectivity index (χ1v) is 13.2. The van der Waals surface area contributed by atoms with Gasteiger partial charge in [-0.1, -0.05) is 48.0 Å². The normalized spacial score (nSPS) is 11.0. The molecule has 4 aromatic rings. The molecule has 0 unspecified atom stereocenters. The van der Waals surface area contributed by atoms with Gasteiger partial charge in [-0.3, -0.25) is 4.79 Å². The number of allylic oxidation sites excluding steroid dienone is 1. The average molecular weight is 529 g/mol. The van der Waals surface area contributed by atoms with Crippen LogP contribution in [0.2, 0.25) is 0 Å². The van der Waals surface area contributed by atoms with Gasteiger partial charge in [0, 0.05) is 22.8 Å². The summed E-state index contributed by atoms with van der Waals surface area (Å²) in [5.74, 6) is -0.875. The summed E-state index contributed by atoms with van der Waals surface area (Å²) in [4.78, 5) is 30.8. The van der Waals surface area contributed by atoms with Crippen LogP contribution >= 0.6 is 22.7 Å². The lowest BCUT2D eigenvalue weighted by molar-refractivity contribution is 0.0527. The molecule has 0 saturated carbocycles. The number of nitriles is 1. The number of aryl methyl sites for hydroxylation is 1. The number of aromatic nitrogens is 1. The number of ether oxygens (including phenoxy) is 1. The molecule has 2 heterocycles. The average Bonchev–Trinajstić information content (AvgIpc) is 3.51. The number of thiazole rings is 1. The Morgan fingerprint density at radius 2 is 1.84 bits per heavy atom. The SMILES string of the molecule is CCOC(=O)c1c(N/C=C(/C#N)c2nc(-c3ccc(C)cc3)cs2)sc(C(=O)Nc2ccccc2)c1C. The Hall–Kier alpha value is -4.26. The molecule has 4 rings (SSSR count). The van der Waals surface area contributed by atoms with Crippen molar-refractivity contribution < 1.29 is 14.3 Å². The van der Waals surface area contributed by atoms with Crippen molar-refractivity contribution in [2.75, 3.05) is 17.2 Å². The standard InChI is InChI=1S/C28H24N4O3S2/c1-4-35-28(34)23-18(3)24(25(33)31-21-8-6-5-7-9-21)37-27(23)30-15-20(14-29)26-32-22(16-36-26)19-12-10-17(2)11-13-19/h5-13,15-16,30H,4H2,1-3H3,(H,31,33)/b20-15-. The number of benzene rings is 2. The molecule has 0 aliphatic rings. The Morgan fingerprint density at radius 1 is 1.11 bits per heavy atom. The summed E-state index contributed by atoms with van der Waals surface area (Å²) in [5, 5.41) is 18.6. The highest BCUT2D eigenvalue weighted by atomic mass is 32.1. The number of anilines is 2. The third-order valence-electron chi connectivity index (χ3n) is 5.41. The third-order valence-corrected chi connectivity index (χ3v) is 7.51. The minimum atomic E-state index is -0.541. The van der Waals surface area contributed by atoms with Crippen LogP contribution in [-0.2, 0) is 4.74 Å². The summed E-state index contributed by atoms with van der Waals surface area (Å²) < 4.78 is 5.24. The smallest absolute Gasteiger partial charge is 0.341 e. The van der Waals surface area contributed by atoms with Crippen LogP contribution in [0.25, 0.3) is 16.8 Å². The molecule has 2 N–H and O–H groups in total. The highest BCUT2D eigenvalue weighted by Crippen LogP contribution is 2.35. The minimum Gasteiger partial charge on any atom is -0.462 e. The lowest BCUT2D eigenvalue weighted by Crippen LogP contribution is -2.12. The predicted octanol–water partition coefficient (Wildman–Crippen LogP) is 6.89. The number of esters is 1. The van der Waals surface area contributed by atoms with Crippen molar-refractivity contribution in [1.29, 1.82) is 5.26 Å². The van der Waals surface area contributed by atoms with Crippen molar-refractivity contribution in [1.82, 2.24) is 4.98 Å². The topological polar surface area (TPSA) is 104 Å². The molecule has 0 atom stereocenters. The molecule has 0 aliphatic carbocycles. The van der Waals surface area contributed by atoms with E-state index in [1.807, 2.05) is 54.8 Å². The Balaban J connectivity index is 1.63. The van der Waals surface area contributed by atoms with E-state index in [1.54, 1.807) is 26.0 Å². The first kappa shape index (κ1) is 25.8. The van der Waals surface area contributed by atoms with Crippen molar-refractivity contribution >= 4 is 50.8 Å². The molecule has 0 radical (unpaired) electrons. The zero-order valence-electron chi connectivity index (χ0n) is 20.5. The van der Waals surface area contributed by atoms with Gasteiger partial charge in [-0.2, -0.15) is 5.26 Å². The Bertz CT molecular complexity index is 1500. The molecule has 0 bridgehead atoms. The number of carbonyl (C=O) groups excluding carboxylic acids is 2. The van der Waals surface area contributed by atoms with E-state index in [0.717, 1.165) is 28.2 Å².